The molecule has 0 radical (unpaired) electrons. The summed E-state index contributed by atoms with van der Waals surface area (Å²) in [5, 5.41) is 0. The van der Waals surface area contributed by atoms with Crippen molar-refractivity contribution in [3.05, 3.63) is 11.6 Å². The molecule has 1 aliphatic rings. The summed E-state index contributed by atoms with van der Waals surface area (Å²) in [6, 6.07) is 0. The van der Waals surface area contributed by atoms with Gasteiger partial charge in [0.2, 0.25) is 0 Å². The molecule has 1 atom stereocenters. The lowest BCUT2D eigenvalue weighted by Gasteiger charge is -2.35. The molecule has 0 amide bonds. The molecule has 1 unspecified atom stereocenters. The van der Waals surface area contributed by atoms with Crippen molar-refractivity contribution in [3.8, 4) is 0 Å². The minimum Gasteiger partial charge on any atom is -0.0884 e. The van der Waals surface area contributed by atoms with Crippen molar-refractivity contribution in [2.45, 2.75) is 53.4 Å². The van der Waals surface area contributed by atoms with Crippen molar-refractivity contribution in [3.63, 3.8) is 0 Å². The zero-order chi connectivity index (χ0) is 9.19. The molecular formula is C12H22. The second kappa shape index (κ2) is 3.64. The minimum absolute atomic E-state index is 0.509. The summed E-state index contributed by atoms with van der Waals surface area (Å²) < 4.78 is 0. The highest BCUT2D eigenvalue weighted by Crippen LogP contribution is 2.39. The molecule has 0 saturated heterocycles. The fourth-order valence-corrected chi connectivity index (χ4v) is 2.10. The lowest BCUT2D eigenvalue weighted by Crippen LogP contribution is -2.23. The van der Waals surface area contributed by atoms with Crippen molar-refractivity contribution in [1.82, 2.24) is 0 Å². The molecule has 0 aromatic carbocycles. The lowest BCUT2D eigenvalue weighted by molar-refractivity contribution is 0.204. The van der Waals surface area contributed by atoms with Crippen LogP contribution in [0.4, 0.5) is 0 Å². The summed E-state index contributed by atoms with van der Waals surface area (Å²) in [7, 11) is 0. The largest absolute Gasteiger partial charge is 0.0884 e. The Balaban J connectivity index is 2.58. The highest BCUT2D eigenvalue weighted by atomic mass is 14.3. The molecule has 1 saturated carbocycles. The number of allylic oxidation sites excluding steroid dienone is 2. The fraction of sp³-hybridized carbons (Fsp3) is 0.833. The van der Waals surface area contributed by atoms with E-state index in [-0.39, 0.29) is 0 Å². The van der Waals surface area contributed by atoms with E-state index in [1.54, 1.807) is 5.57 Å². The molecule has 0 N–H and O–H groups in total. The van der Waals surface area contributed by atoms with Crippen molar-refractivity contribution in [2.24, 2.45) is 11.3 Å². The zero-order valence-corrected chi connectivity index (χ0v) is 8.98. The second-order valence-corrected chi connectivity index (χ2v) is 5.11. The first-order valence-electron chi connectivity index (χ1n) is 5.18. The van der Waals surface area contributed by atoms with E-state index >= 15 is 0 Å². The smallest absolute Gasteiger partial charge is 0.0287 e. The molecule has 1 aliphatic carbocycles. The van der Waals surface area contributed by atoms with Gasteiger partial charge in [-0.2, -0.15) is 0 Å². The van der Waals surface area contributed by atoms with E-state index in [0.29, 0.717) is 5.41 Å². The standard InChI is InChI=1S/C12H22/c1-5-10-7-6-8-11(9-10)12(2,3)4/h5,11H,6-9H2,1-4H3/b10-5-. The fourth-order valence-electron chi connectivity index (χ4n) is 2.10. The van der Waals surface area contributed by atoms with Gasteiger partial charge >= 0.3 is 0 Å². The summed E-state index contributed by atoms with van der Waals surface area (Å²) in [5.74, 6) is 0.914. The zero-order valence-electron chi connectivity index (χ0n) is 8.98. The first kappa shape index (κ1) is 9.83. The summed E-state index contributed by atoms with van der Waals surface area (Å²) in [4.78, 5) is 0. The van der Waals surface area contributed by atoms with Gasteiger partial charge in [-0.05, 0) is 43.9 Å². The minimum atomic E-state index is 0.509. The third-order valence-electron chi connectivity index (χ3n) is 3.19. The predicted octanol–water partition coefficient (Wildman–Crippen LogP) is 4.17. The first-order chi connectivity index (χ1) is 5.54. The average molecular weight is 166 g/mol. The summed E-state index contributed by atoms with van der Waals surface area (Å²) in [5.41, 5.74) is 2.19. The molecule has 0 nitrogen and oxygen atoms in total. The van der Waals surface area contributed by atoms with E-state index in [4.69, 9.17) is 0 Å². The normalized spacial score (nSPS) is 29.3. The average Bonchev–Trinajstić information content (AvgIpc) is 2.03. The molecule has 1 fully saturated rings. The van der Waals surface area contributed by atoms with E-state index in [0.717, 1.165) is 5.92 Å². The van der Waals surface area contributed by atoms with Gasteiger partial charge in [0.15, 0.2) is 0 Å². The molecule has 0 heteroatoms. The Labute approximate surface area is 77.1 Å². The van der Waals surface area contributed by atoms with Gasteiger partial charge in [0, 0.05) is 0 Å². The maximum absolute atomic E-state index is 2.37. The number of hydrogen-bond donors (Lipinski definition) is 0. The molecule has 12 heavy (non-hydrogen) atoms. The molecule has 0 aromatic rings. The van der Waals surface area contributed by atoms with Crippen LogP contribution in [0.3, 0.4) is 0 Å². The molecule has 0 heterocycles. The van der Waals surface area contributed by atoms with Crippen LogP contribution in [0.2, 0.25) is 0 Å². The van der Waals surface area contributed by atoms with Crippen LogP contribution in [0.25, 0.3) is 0 Å². The molecule has 0 aliphatic heterocycles. The van der Waals surface area contributed by atoms with Crippen molar-refractivity contribution in [1.29, 1.82) is 0 Å². The topological polar surface area (TPSA) is 0 Å². The molecule has 0 bridgehead atoms. The Morgan fingerprint density at radius 2 is 2.00 bits per heavy atom. The van der Waals surface area contributed by atoms with Crippen LogP contribution in [-0.2, 0) is 0 Å². The molecule has 0 spiro atoms. The molecular weight excluding hydrogens is 144 g/mol. The van der Waals surface area contributed by atoms with Crippen LogP contribution < -0.4 is 0 Å². The Morgan fingerprint density at radius 1 is 1.33 bits per heavy atom. The van der Waals surface area contributed by atoms with Crippen LogP contribution in [0.5, 0.6) is 0 Å². The van der Waals surface area contributed by atoms with Crippen LogP contribution in [0.15, 0.2) is 11.6 Å². The van der Waals surface area contributed by atoms with E-state index < -0.39 is 0 Å². The molecule has 0 aromatic heterocycles. The van der Waals surface area contributed by atoms with Gasteiger partial charge in [-0.25, -0.2) is 0 Å². The van der Waals surface area contributed by atoms with E-state index in [2.05, 4.69) is 33.8 Å². The quantitative estimate of drug-likeness (QED) is 0.474. The van der Waals surface area contributed by atoms with Crippen molar-refractivity contribution in [2.75, 3.05) is 0 Å². The van der Waals surface area contributed by atoms with Crippen LogP contribution >= 0.6 is 0 Å². The van der Waals surface area contributed by atoms with Gasteiger partial charge in [0.05, 0.1) is 0 Å². The molecule has 70 valence electrons. The summed E-state index contributed by atoms with van der Waals surface area (Å²) in [6.45, 7) is 9.29. The van der Waals surface area contributed by atoms with Gasteiger partial charge in [-0.3, -0.25) is 0 Å². The molecule has 1 rings (SSSR count). The predicted molar refractivity (Wildman–Crippen MR) is 55.2 cm³/mol. The number of hydrogen-bond acceptors (Lipinski definition) is 0. The first-order valence-corrected chi connectivity index (χ1v) is 5.18. The van der Waals surface area contributed by atoms with Gasteiger partial charge in [-0.15, -0.1) is 0 Å². The Bertz CT molecular complexity index is 169. The maximum Gasteiger partial charge on any atom is -0.0287 e. The Kier molecular flexibility index (Phi) is 2.98. The SMILES string of the molecule is C/C=C1/CCCC(C(C)(C)C)C1. The van der Waals surface area contributed by atoms with Crippen LogP contribution in [0, 0.1) is 11.3 Å². The lowest BCUT2D eigenvalue weighted by atomic mass is 9.71. The third-order valence-corrected chi connectivity index (χ3v) is 3.19. The monoisotopic (exact) mass is 166 g/mol. The van der Waals surface area contributed by atoms with Crippen molar-refractivity contribution < 1.29 is 0 Å². The Hall–Kier alpha value is -0.260. The Morgan fingerprint density at radius 3 is 2.50 bits per heavy atom. The third kappa shape index (κ3) is 2.36. The van der Waals surface area contributed by atoms with E-state index in [1.807, 2.05) is 0 Å². The second-order valence-electron chi connectivity index (χ2n) is 5.11. The van der Waals surface area contributed by atoms with Crippen LogP contribution in [0.1, 0.15) is 53.4 Å². The van der Waals surface area contributed by atoms with Gasteiger partial charge in [0.25, 0.3) is 0 Å². The highest BCUT2D eigenvalue weighted by molar-refractivity contribution is 5.05. The van der Waals surface area contributed by atoms with Gasteiger partial charge in [-0.1, -0.05) is 32.4 Å². The van der Waals surface area contributed by atoms with Gasteiger partial charge in [0.1, 0.15) is 0 Å². The van der Waals surface area contributed by atoms with Crippen LogP contribution in [-0.4, -0.2) is 0 Å². The van der Waals surface area contributed by atoms with Gasteiger partial charge < -0.3 is 0 Å². The van der Waals surface area contributed by atoms with Crippen molar-refractivity contribution >= 4 is 0 Å². The summed E-state index contributed by atoms with van der Waals surface area (Å²) >= 11 is 0. The maximum atomic E-state index is 2.37. The highest BCUT2D eigenvalue weighted by Gasteiger charge is 2.27. The van der Waals surface area contributed by atoms with E-state index in [1.165, 1.54) is 25.7 Å². The summed E-state index contributed by atoms with van der Waals surface area (Å²) in [6.07, 6.45) is 7.85. The number of rotatable bonds is 0. The van der Waals surface area contributed by atoms with E-state index in [9.17, 15) is 0 Å².